The lowest BCUT2D eigenvalue weighted by molar-refractivity contribution is -0.137. The second kappa shape index (κ2) is 8.81. The van der Waals surface area contributed by atoms with Gasteiger partial charge in [-0.1, -0.05) is 11.6 Å². The summed E-state index contributed by atoms with van der Waals surface area (Å²) in [6.07, 6.45) is -2.05. The maximum absolute atomic E-state index is 12.7. The van der Waals surface area contributed by atoms with E-state index >= 15 is 0 Å². The van der Waals surface area contributed by atoms with Crippen molar-refractivity contribution >= 4 is 17.6 Å². The highest BCUT2D eigenvalue weighted by molar-refractivity contribution is 6.32. The monoisotopic (exact) mass is 400 g/mol. The molecular formula is C19H16ClF3O4. The number of alkyl halides is 3. The number of halogens is 4. The van der Waals surface area contributed by atoms with Crippen LogP contribution in [-0.2, 0) is 15.7 Å². The first-order valence-electron chi connectivity index (χ1n) is 7.76. The van der Waals surface area contributed by atoms with Crippen molar-refractivity contribution in [1.82, 2.24) is 0 Å². The zero-order valence-electron chi connectivity index (χ0n) is 14.4. The van der Waals surface area contributed by atoms with Gasteiger partial charge in [0.05, 0.1) is 17.7 Å². The molecule has 0 aliphatic carbocycles. The molecule has 144 valence electrons. The van der Waals surface area contributed by atoms with E-state index in [1.54, 1.807) is 31.2 Å². The van der Waals surface area contributed by atoms with Crippen LogP contribution in [0.5, 0.6) is 17.2 Å². The summed E-state index contributed by atoms with van der Waals surface area (Å²) in [5.74, 6) is 0.514. The normalized spacial score (nSPS) is 12.7. The third-order valence-corrected chi connectivity index (χ3v) is 3.63. The second-order valence-corrected chi connectivity index (χ2v) is 5.83. The number of rotatable bonds is 6. The first kappa shape index (κ1) is 20.6. The summed E-state index contributed by atoms with van der Waals surface area (Å²) < 4.78 is 53.5. The highest BCUT2D eigenvalue weighted by Crippen LogP contribution is 2.36. The third-order valence-electron chi connectivity index (χ3n) is 3.34. The Morgan fingerprint density at radius 3 is 2.30 bits per heavy atom. The molecule has 0 spiro atoms. The van der Waals surface area contributed by atoms with E-state index in [1.165, 1.54) is 19.3 Å². The predicted octanol–water partition coefficient (Wildman–Crippen LogP) is 5.65. The van der Waals surface area contributed by atoms with Gasteiger partial charge in [0, 0.05) is 6.08 Å². The molecule has 27 heavy (non-hydrogen) atoms. The van der Waals surface area contributed by atoms with Gasteiger partial charge in [0.1, 0.15) is 23.4 Å². The lowest BCUT2D eigenvalue weighted by Gasteiger charge is -2.13. The first-order valence-corrected chi connectivity index (χ1v) is 8.14. The van der Waals surface area contributed by atoms with Gasteiger partial charge in [-0.25, -0.2) is 4.79 Å². The molecule has 0 saturated heterocycles. The molecule has 4 nitrogen and oxygen atoms in total. The molecule has 0 radical (unpaired) electrons. The summed E-state index contributed by atoms with van der Waals surface area (Å²) in [6.45, 7) is 1.74. The summed E-state index contributed by atoms with van der Waals surface area (Å²) in [7, 11) is 1.28. The Kier molecular flexibility index (Phi) is 6.74. The van der Waals surface area contributed by atoms with Crippen LogP contribution >= 0.6 is 11.6 Å². The number of benzene rings is 2. The summed E-state index contributed by atoms with van der Waals surface area (Å²) in [6, 6.07) is 9.28. The molecule has 8 heteroatoms. The SMILES string of the molecule is COC(=O)/C=C/C(C)Oc1ccc(Oc2ccc(C(F)(F)F)cc2Cl)cc1. The van der Waals surface area contributed by atoms with Gasteiger partial charge in [-0.15, -0.1) is 0 Å². The second-order valence-electron chi connectivity index (χ2n) is 5.42. The zero-order chi connectivity index (χ0) is 20.0. The van der Waals surface area contributed by atoms with Crippen molar-refractivity contribution in [2.24, 2.45) is 0 Å². The van der Waals surface area contributed by atoms with Crippen molar-refractivity contribution in [2.45, 2.75) is 19.2 Å². The quantitative estimate of drug-likeness (QED) is 0.464. The van der Waals surface area contributed by atoms with Crippen LogP contribution in [0.25, 0.3) is 0 Å². The van der Waals surface area contributed by atoms with Gasteiger partial charge >= 0.3 is 12.1 Å². The lowest BCUT2D eigenvalue weighted by atomic mass is 10.2. The van der Waals surface area contributed by atoms with Crippen molar-refractivity contribution < 1.29 is 32.2 Å². The molecule has 0 aliphatic heterocycles. The smallest absolute Gasteiger partial charge is 0.416 e. The lowest BCUT2D eigenvalue weighted by Crippen LogP contribution is -2.09. The Balaban J connectivity index is 2.01. The van der Waals surface area contributed by atoms with Gasteiger partial charge in [-0.05, 0) is 55.5 Å². The van der Waals surface area contributed by atoms with Gasteiger partial charge < -0.3 is 14.2 Å². The molecule has 2 aromatic rings. The Hall–Kier alpha value is -2.67. The van der Waals surface area contributed by atoms with Gasteiger partial charge in [-0.2, -0.15) is 13.2 Å². The molecule has 0 fully saturated rings. The number of methoxy groups -OCH3 is 1. The molecule has 1 atom stereocenters. The van der Waals surface area contributed by atoms with E-state index in [9.17, 15) is 18.0 Å². The standard InChI is InChI=1S/C19H16ClF3O4/c1-12(3-10-18(24)25-2)26-14-5-7-15(8-6-14)27-17-9-4-13(11-16(17)20)19(21,22)23/h3-12H,1-2H3/b10-3+. The molecule has 1 unspecified atom stereocenters. The Morgan fingerprint density at radius 1 is 1.11 bits per heavy atom. The highest BCUT2D eigenvalue weighted by Gasteiger charge is 2.31. The van der Waals surface area contributed by atoms with Crippen LogP contribution in [0, 0.1) is 0 Å². The van der Waals surface area contributed by atoms with Gasteiger partial charge in [0.25, 0.3) is 0 Å². The van der Waals surface area contributed by atoms with E-state index < -0.39 is 17.7 Å². The van der Waals surface area contributed by atoms with Crippen LogP contribution in [0.15, 0.2) is 54.6 Å². The summed E-state index contributed by atoms with van der Waals surface area (Å²) in [5, 5.41) is -0.147. The Labute approximate surface area is 159 Å². The summed E-state index contributed by atoms with van der Waals surface area (Å²) in [5.41, 5.74) is -0.849. The fourth-order valence-electron chi connectivity index (χ4n) is 2.01. The Bertz CT molecular complexity index is 817. The van der Waals surface area contributed by atoms with E-state index in [1.807, 2.05) is 0 Å². The zero-order valence-corrected chi connectivity index (χ0v) is 15.2. The van der Waals surface area contributed by atoms with Crippen molar-refractivity contribution in [1.29, 1.82) is 0 Å². The highest BCUT2D eigenvalue weighted by atomic mass is 35.5. The van der Waals surface area contributed by atoms with Crippen LogP contribution in [0.2, 0.25) is 5.02 Å². The van der Waals surface area contributed by atoms with Gasteiger partial charge in [0.2, 0.25) is 0 Å². The van der Waals surface area contributed by atoms with Crippen molar-refractivity contribution in [3.63, 3.8) is 0 Å². The predicted molar refractivity (Wildman–Crippen MR) is 94.2 cm³/mol. The molecule has 0 bridgehead atoms. The van der Waals surface area contributed by atoms with Crippen LogP contribution in [0.3, 0.4) is 0 Å². The number of ether oxygens (including phenoxy) is 3. The van der Waals surface area contributed by atoms with E-state index in [2.05, 4.69) is 4.74 Å². The molecule has 0 N–H and O–H groups in total. The minimum atomic E-state index is -4.47. The van der Waals surface area contributed by atoms with Crippen LogP contribution in [-0.4, -0.2) is 19.2 Å². The average Bonchev–Trinajstić information content (AvgIpc) is 2.62. The molecule has 2 aromatic carbocycles. The van der Waals surface area contributed by atoms with Crippen LogP contribution < -0.4 is 9.47 Å². The average molecular weight is 401 g/mol. The maximum atomic E-state index is 12.7. The number of carbonyl (C=O) groups is 1. The van der Waals surface area contributed by atoms with Crippen LogP contribution in [0.4, 0.5) is 13.2 Å². The van der Waals surface area contributed by atoms with Crippen LogP contribution in [0.1, 0.15) is 12.5 Å². The van der Waals surface area contributed by atoms with E-state index in [0.717, 1.165) is 18.2 Å². The largest absolute Gasteiger partial charge is 0.487 e. The minimum Gasteiger partial charge on any atom is -0.487 e. The molecule has 2 rings (SSSR count). The number of hydrogen-bond donors (Lipinski definition) is 0. The van der Waals surface area contributed by atoms with Gasteiger partial charge in [0.15, 0.2) is 0 Å². The number of esters is 1. The third kappa shape index (κ3) is 6.21. The number of hydrogen-bond acceptors (Lipinski definition) is 4. The number of carbonyl (C=O) groups excluding carboxylic acids is 1. The van der Waals surface area contributed by atoms with E-state index in [0.29, 0.717) is 11.5 Å². The van der Waals surface area contributed by atoms with Gasteiger partial charge in [-0.3, -0.25) is 0 Å². The van der Waals surface area contributed by atoms with E-state index in [4.69, 9.17) is 21.1 Å². The molecule has 0 amide bonds. The topological polar surface area (TPSA) is 44.8 Å². The fraction of sp³-hybridized carbons (Fsp3) is 0.211. The van der Waals surface area contributed by atoms with E-state index in [-0.39, 0.29) is 16.9 Å². The Morgan fingerprint density at radius 2 is 1.74 bits per heavy atom. The van der Waals surface area contributed by atoms with Crippen molar-refractivity contribution in [2.75, 3.05) is 7.11 Å². The minimum absolute atomic E-state index is 0.104. The molecule has 0 aromatic heterocycles. The molecule has 0 heterocycles. The fourth-order valence-corrected chi connectivity index (χ4v) is 2.23. The molecule has 0 saturated carbocycles. The first-order chi connectivity index (χ1) is 12.7. The summed E-state index contributed by atoms with van der Waals surface area (Å²) >= 11 is 5.86. The maximum Gasteiger partial charge on any atom is 0.416 e. The molecular weight excluding hydrogens is 385 g/mol. The molecule has 0 aliphatic rings. The van der Waals surface area contributed by atoms with Crippen molar-refractivity contribution in [3.8, 4) is 17.2 Å². The summed E-state index contributed by atoms with van der Waals surface area (Å²) in [4.78, 5) is 11.0. The van der Waals surface area contributed by atoms with Crippen molar-refractivity contribution in [3.05, 3.63) is 65.2 Å².